The van der Waals surface area contributed by atoms with Crippen LogP contribution in [0.3, 0.4) is 0 Å². The minimum atomic E-state index is -0.171. The second-order valence-electron chi connectivity index (χ2n) is 2.41. The second kappa shape index (κ2) is 3.15. The van der Waals surface area contributed by atoms with Crippen LogP contribution in [0.2, 0.25) is 0 Å². The molecule has 0 atom stereocenters. The fraction of sp³-hybridized carbons (Fsp3) is 0.125. The lowest BCUT2D eigenvalue weighted by Gasteiger charge is -2.05. The molecule has 0 fully saturated rings. The zero-order valence-electron chi connectivity index (χ0n) is 6.47. The summed E-state index contributed by atoms with van der Waals surface area (Å²) in [6.07, 6.45) is 0. The van der Waals surface area contributed by atoms with Gasteiger partial charge in [0.15, 0.2) is 5.78 Å². The molecular formula is C8H8BrNO2. The fourth-order valence-electron chi connectivity index (χ4n) is 0.940. The highest BCUT2D eigenvalue weighted by molar-refractivity contribution is 9.10. The molecule has 0 aliphatic heterocycles. The van der Waals surface area contributed by atoms with E-state index in [4.69, 9.17) is 5.73 Å². The number of carbonyl (C=O) groups excluding carboxylic acids is 1. The topological polar surface area (TPSA) is 63.3 Å². The Hall–Kier alpha value is -1.03. The van der Waals surface area contributed by atoms with Crippen molar-refractivity contribution in [3.8, 4) is 5.75 Å². The van der Waals surface area contributed by atoms with Crippen molar-refractivity contribution in [3.63, 3.8) is 0 Å². The first-order chi connectivity index (χ1) is 5.54. The van der Waals surface area contributed by atoms with E-state index in [-0.39, 0.29) is 17.2 Å². The Morgan fingerprint density at radius 3 is 2.58 bits per heavy atom. The molecule has 1 aromatic carbocycles. The molecule has 0 unspecified atom stereocenters. The predicted octanol–water partition coefficient (Wildman–Crippen LogP) is 1.94. The van der Waals surface area contributed by atoms with E-state index in [2.05, 4.69) is 15.9 Å². The lowest BCUT2D eigenvalue weighted by molar-refractivity contribution is 0.101. The largest absolute Gasteiger partial charge is 0.506 e. The third-order valence-corrected chi connectivity index (χ3v) is 2.18. The van der Waals surface area contributed by atoms with E-state index in [1.54, 1.807) is 6.07 Å². The van der Waals surface area contributed by atoms with Gasteiger partial charge in [-0.2, -0.15) is 0 Å². The van der Waals surface area contributed by atoms with Crippen molar-refractivity contribution in [3.05, 3.63) is 22.2 Å². The second-order valence-corrected chi connectivity index (χ2v) is 3.27. The molecule has 0 bridgehead atoms. The number of phenolic OH excluding ortho intramolecular Hbond substituents is 1. The van der Waals surface area contributed by atoms with Crippen molar-refractivity contribution < 1.29 is 9.90 Å². The number of rotatable bonds is 1. The number of ketones is 1. The molecule has 12 heavy (non-hydrogen) atoms. The van der Waals surface area contributed by atoms with E-state index in [0.717, 1.165) is 0 Å². The third kappa shape index (κ3) is 1.43. The first-order valence-electron chi connectivity index (χ1n) is 3.32. The Bertz CT molecular complexity index is 336. The van der Waals surface area contributed by atoms with Gasteiger partial charge in [0.05, 0.1) is 11.3 Å². The van der Waals surface area contributed by atoms with Gasteiger partial charge in [0.1, 0.15) is 5.75 Å². The van der Waals surface area contributed by atoms with Crippen LogP contribution in [0.15, 0.2) is 16.6 Å². The van der Waals surface area contributed by atoms with E-state index in [9.17, 15) is 9.90 Å². The molecule has 0 heterocycles. The van der Waals surface area contributed by atoms with E-state index >= 15 is 0 Å². The molecule has 0 aliphatic carbocycles. The molecule has 0 aromatic heterocycles. The van der Waals surface area contributed by atoms with Crippen LogP contribution in [0, 0.1) is 0 Å². The van der Waals surface area contributed by atoms with Crippen LogP contribution in [0.4, 0.5) is 5.69 Å². The average Bonchev–Trinajstić information content (AvgIpc) is 1.97. The van der Waals surface area contributed by atoms with Gasteiger partial charge in [-0.15, -0.1) is 0 Å². The molecule has 1 rings (SSSR count). The van der Waals surface area contributed by atoms with Crippen LogP contribution in [0.1, 0.15) is 17.3 Å². The number of hydrogen-bond donors (Lipinski definition) is 2. The summed E-state index contributed by atoms with van der Waals surface area (Å²) in [5.41, 5.74) is 5.93. The molecule has 4 heteroatoms. The molecule has 0 amide bonds. The normalized spacial score (nSPS) is 9.83. The van der Waals surface area contributed by atoms with Gasteiger partial charge in [-0.05, 0) is 35.0 Å². The summed E-state index contributed by atoms with van der Waals surface area (Å²) < 4.78 is 0.602. The van der Waals surface area contributed by atoms with Gasteiger partial charge in [0, 0.05) is 4.47 Å². The predicted molar refractivity (Wildman–Crippen MR) is 50.2 cm³/mol. The van der Waals surface area contributed by atoms with E-state index in [1.165, 1.54) is 13.0 Å². The van der Waals surface area contributed by atoms with Gasteiger partial charge < -0.3 is 10.8 Å². The van der Waals surface area contributed by atoms with E-state index < -0.39 is 0 Å². The smallest absolute Gasteiger partial charge is 0.163 e. The molecular weight excluding hydrogens is 222 g/mol. The summed E-state index contributed by atoms with van der Waals surface area (Å²) in [5, 5.41) is 9.18. The molecule has 0 radical (unpaired) electrons. The molecule has 0 aliphatic rings. The maximum Gasteiger partial charge on any atom is 0.163 e. The molecule has 0 saturated heterocycles. The first-order valence-corrected chi connectivity index (χ1v) is 4.11. The number of halogens is 1. The Kier molecular flexibility index (Phi) is 2.38. The van der Waals surface area contributed by atoms with E-state index in [0.29, 0.717) is 10.0 Å². The number of phenols is 1. The zero-order chi connectivity index (χ0) is 9.30. The number of Topliss-reactive ketones (excluding diaryl/α,β-unsaturated/α-hetero) is 1. The minimum Gasteiger partial charge on any atom is -0.506 e. The van der Waals surface area contributed by atoms with Crippen molar-refractivity contribution >= 4 is 27.4 Å². The number of aromatic hydroxyl groups is 1. The Morgan fingerprint density at radius 2 is 2.17 bits per heavy atom. The van der Waals surface area contributed by atoms with Crippen molar-refractivity contribution in [2.24, 2.45) is 0 Å². The van der Waals surface area contributed by atoms with Crippen molar-refractivity contribution in [1.29, 1.82) is 0 Å². The number of anilines is 1. The van der Waals surface area contributed by atoms with Crippen molar-refractivity contribution in [2.75, 3.05) is 5.73 Å². The number of nitrogens with two attached hydrogens (primary N) is 1. The standard InChI is InChI=1S/C8H8BrNO2/c1-4(11)7-5(9)2-3-6(12)8(7)10/h2-3,12H,10H2,1H3. The Morgan fingerprint density at radius 1 is 1.58 bits per heavy atom. The summed E-state index contributed by atoms with van der Waals surface area (Å²) in [5.74, 6) is -0.237. The summed E-state index contributed by atoms with van der Waals surface area (Å²) in [7, 11) is 0. The summed E-state index contributed by atoms with van der Waals surface area (Å²) in [6.45, 7) is 1.40. The van der Waals surface area contributed by atoms with Crippen LogP contribution < -0.4 is 5.73 Å². The van der Waals surface area contributed by atoms with Gasteiger partial charge in [-0.25, -0.2) is 0 Å². The lowest BCUT2D eigenvalue weighted by atomic mass is 10.1. The van der Waals surface area contributed by atoms with Crippen LogP contribution in [0.25, 0.3) is 0 Å². The minimum absolute atomic E-state index is 0.0663. The van der Waals surface area contributed by atoms with Crippen LogP contribution in [0.5, 0.6) is 5.75 Å². The fourth-order valence-corrected chi connectivity index (χ4v) is 1.56. The van der Waals surface area contributed by atoms with Gasteiger partial charge >= 0.3 is 0 Å². The summed E-state index contributed by atoms with van der Waals surface area (Å²) >= 11 is 3.17. The maximum absolute atomic E-state index is 11.0. The average molecular weight is 230 g/mol. The third-order valence-electron chi connectivity index (χ3n) is 1.52. The number of hydrogen-bond acceptors (Lipinski definition) is 3. The lowest BCUT2D eigenvalue weighted by Crippen LogP contribution is -2.00. The number of carbonyl (C=O) groups is 1. The first kappa shape index (κ1) is 9.06. The van der Waals surface area contributed by atoms with Crippen LogP contribution in [-0.4, -0.2) is 10.9 Å². The summed E-state index contributed by atoms with van der Waals surface area (Å²) in [4.78, 5) is 11.0. The molecule has 1 aromatic rings. The molecule has 3 N–H and O–H groups in total. The van der Waals surface area contributed by atoms with Crippen LogP contribution in [-0.2, 0) is 0 Å². The highest BCUT2D eigenvalue weighted by Crippen LogP contribution is 2.30. The molecule has 64 valence electrons. The van der Waals surface area contributed by atoms with Gasteiger partial charge in [0.2, 0.25) is 0 Å². The molecule has 0 saturated carbocycles. The summed E-state index contributed by atoms with van der Waals surface area (Å²) in [6, 6.07) is 3.02. The van der Waals surface area contributed by atoms with Gasteiger partial charge in [0.25, 0.3) is 0 Å². The monoisotopic (exact) mass is 229 g/mol. The van der Waals surface area contributed by atoms with Gasteiger partial charge in [-0.1, -0.05) is 0 Å². The van der Waals surface area contributed by atoms with Gasteiger partial charge in [-0.3, -0.25) is 4.79 Å². The van der Waals surface area contributed by atoms with Crippen molar-refractivity contribution in [2.45, 2.75) is 6.92 Å². The highest BCUT2D eigenvalue weighted by Gasteiger charge is 2.12. The van der Waals surface area contributed by atoms with E-state index in [1.807, 2.05) is 0 Å². The molecule has 0 spiro atoms. The Balaban J connectivity index is 3.43. The Labute approximate surface area is 78.3 Å². The SMILES string of the molecule is CC(=O)c1c(Br)ccc(O)c1N. The quantitative estimate of drug-likeness (QED) is 0.440. The van der Waals surface area contributed by atoms with Crippen LogP contribution >= 0.6 is 15.9 Å². The zero-order valence-corrected chi connectivity index (χ0v) is 8.05. The molecule has 3 nitrogen and oxygen atoms in total. The maximum atomic E-state index is 11.0. The number of benzene rings is 1. The number of nitrogen functional groups attached to an aromatic ring is 1. The highest BCUT2D eigenvalue weighted by atomic mass is 79.9. The van der Waals surface area contributed by atoms with Crippen molar-refractivity contribution in [1.82, 2.24) is 0 Å².